The maximum atomic E-state index is 11.2. The summed E-state index contributed by atoms with van der Waals surface area (Å²) in [7, 11) is 0. The highest BCUT2D eigenvalue weighted by molar-refractivity contribution is 5.89. The van der Waals surface area contributed by atoms with E-state index in [1.54, 1.807) is 0 Å². The van der Waals surface area contributed by atoms with Gasteiger partial charge in [-0.05, 0) is 11.8 Å². The first-order valence-electron chi connectivity index (χ1n) is 4.23. The summed E-state index contributed by atoms with van der Waals surface area (Å²) in [5.41, 5.74) is 0. The van der Waals surface area contributed by atoms with Crippen molar-refractivity contribution in [2.75, 3.05) is 0 Å². The van der Waals surface area contributed by atoms with Crippen molar-refractivity contribution in [1.29, 1.82) is 0 Å². The topological polar surface area (TPSA) is 34.1 Å². The Kier molecular flexibility index (Phi) is 1.38. The number of hydrogen-bond donors (Lipinski definition) is 0. The number of rotatable bonds is 0. The molecule has 0 aromatic rings. The van der Waals surface area contributed by atoms with Gasteiger partial charge in [0.25, 0.3) is 0 Å². The molecule has 0 amide bonds. The van der Waals surface area contributed by atoms with Crippen LogP contribution in [0, 0.1) is 17.8 Å². The van der Waals surface area contributed by atoms with E-state index in [1.807, 2.05) is 6.92 Å². The second kappa shape index (κ2) is 2.16. The fourth-order valence-electron chi connectivity index (χ4n) is 2.45. The lowest BCUT2D eigenvalue weighted by molar-refractivity contribution is -0.122. The number of ketones is 2. The van der Waals surface area contributed by atoms with Crippen molar-refractivity contribution in [3.8, 4) is 0 Å². The van der Waals surface area contributed by atoms with E-state index in [1.165, 1.54) is 0 Å². The zero-order valence-corrected chi connectivity index (χ0v) is 6.67. The lowest BCUT2D eigenvalue weighted by Gasteiger charge is -2.09. The lowest BCUT2D eigenvalue weighted by Crippen LogP contribution is -2.10. The van der Waals surface area contributed by atoms with Gasteiger partial charge in [-0.15, -0.1) is 0 Å². The molecule has 0 aliphatic heterocycles. The van der Waals surface area contributed by atoms with E-state index in [2.05, 4.69) is 0 Å². The highest BCUT2D eigenvalue weighted by atomic mass is 16.1. The van der Waals surface area contributed by atoms with Crippen LogP contribution in [0.25, 0.3) is 0 Å². The Labute approximate surface area is 66.0 Å². The molecule has 0 N–H and O–H groups in total. The molecule has 2 aliphatic carbocycles. The Hall–Kier alpha value is -0.660. The van der Waals surface area contributed by atoms with Crippen molar-refractivity contribution in [3.63, 3.8) is 0 Å². The molecule has 0 saturated heterocycles. The van der Waals surface area contributed by atoms with E-state index in [-0.39, 0.29) is 5.92 Å². The molecule has 0 aromatic carbocycles. The summed E-state index contributed by atoms with van der Waals surface area (Å²) in [5, 5.41) is 0. The molecule has 2 nitrogen and oxygen atoms in total. The predicted octanol–water partition coefficient (Wildman–Crippen LogP) is 1.19. The van der Waals surface area contributed by atoms with Crippen LogP contribution in [0.5, 0.6) is 0 Å². The minimum absolute atomic E-state index is 0.159. The Morgan fingerprint density at radius 1 is 1.18 bits per heavy atom. The van der Waals surface area contributed by atoms with Crippen molar-refractivity contribution >= 4 is 11.6 Å². The number of carbonyl (C=O) groups excluding carboxylic acids is 2. The number of carbonyl (C=O) groups is 2. The highest BCUT2D eigenvalue weighted by Crippen LogP contribution is 2.43. The van der Waals surface area contributed by atoms with Crippen molar-refractivity contribution in [2.24, 2.45) is 17.8 Å². The molecule has 0 aromatic heterocycles. The first kappa shape index (κ1) is 7.01. The molecule has 3 atom stereocenters. The quantitative estimate of drug-likeness (QED) is 0.522. The van der Waals surface area contributed by atoms with Crippen LogP contribution in [0.1, 0.15) is 26.2 Å². The third-order valence-electron chi connectivity index (χ3n) is 3.17. The fourth-order valence-corrected chi connectivity index (χ4v) is 2.45. The van der Waals surface area contributed by atoms with Gasteiger partial charge in [0.15, 0.2) is 0 Å². The average molecular weight is 152 g/mol. The predicted molar refractivity (Wildman–Crippen MR) is 40.0 cm³/mol. The van der Waals surface area contributed by atoms with Crippen LogP contribution >= 0.6 is 0 Å². The molecule has 1 unspecified atom stereocenters. The Balaban J connectivity index is 2.19. The second-order valence-corrected chi connectivity index (χ2v) is 3.83. The fraction of sp³-hybridized carbons (Fsp3) is 0.778. The maximum absolute atomic E-state index is 11.2. The summed E-state index contributed by atoms with van der Waals surface area (Å²) in [6.07, 6.45) is 2.00. The number of hydrogen-bond acceptors (Lipinski definition) is 2. The van der Waals surface area contributed by atoms with Gasteiger partial charge in [0.2, 0.25) is 0 Å². The van der Waals surface area contributed by atoms with E-state index in [4.69, 9.17) is 0 Å². The maximum Gasteiger partial charge on any atom is 0.136 e. The standard InChI is InChI=1S/C9H12O2/c1-5-8-4-7(10)2-6(8)3-9(5)11/h5-6,8H,2-4H2,1H3/t5?,6-,8+/m0/s1. The minimum Gasteiger partial charge on any atom is -0.300 e. The summed E-state index contributed by atoms with van der Waals surface area (Å²) >= 11 is 0. The normalized spacial score (nSPS) is 43.2. The lowest BCUT2D eigenvalue weighted by atomic mass is 9.93. The largest absolute Gasteiger partial charge is 0.300 e. The molecule has 0 heterocycles. The van der Waals surface area contributed by atoms with Crippen LogP contribution in [0.2, 0.25) is 0 Å². The van der Waals surface area contributed by atoms with E-state index < -0.39 is 0 Å². The summed E-state index contributed by atoms with van der Waals surface area (Å²) in [6.45, 7) is 1.96. The molecule has 2 aliphatic rings. The van der Waals surface area contributed by atoms with Gasteiger partial charge in [0, 0.05) is 25.2 Å². The summed E-state index contributed by atoms with van der Waals surface area (Å²) in [4.78, 5) is 22.2. The zero-order chi connectivity index (χ0) is 8.01. The molecule has 0 spiro atoms. The molecule has 11 heavy (non-hydrogen) atoms. The minimum atomic E-state index is 0.159. The molecule has 2 heteroatoms. The van der Waals surface area contributed by atoms with Gasteiger partial charge in [0.05, 0.1) is 0 Å². The van der Waals surface area contributed by atoms with E-state index >= 15 is 0 Å². The number of Topliss-reactive ketones (excluding diaryl/α,β-unsaturated/α-hetero) is 2. The Bertz CT molecular complexity index is 220. The summed E-state index contributed by atoms with van der Waals surface area (Å²) in [5.74, 6) is 1.69. The highest BCUT2D eigenvalue weighted by Gasteiger charge is 2.45. The Morgan fingerprint density at radius 2 is 1.91 bits per heavy atom. The molecule has 0 radical (unpaired) electrons. The van der Waals surface area contributed by atoms with Gasteiger partial charge in [-0.3, -0.25) is 9.59 Å². The van der Waals surface area contributed by atoms with Crippen LogP contribution in [0.3, 0.4) is 0 Å². The molecule has 60 valence electrons. The SMILES string of the molecule is CC1C(=O)C[C@@H]2CC(=O)C[C@H]12. The molecule has 2 rings (SSSR count). The number of fused-ring (bicyclic) bond motifs is 1. The molecule has 2 fully saturated rings. The average Bonchev–Trinajstić information content (AvgIpc) is 2.37. The third-order valence-corrected chi connectivity index (χ3v) is 3.17. The first-order valence-corrected chi connectivity index (χ1v) is 4.23. The van der Waals surface area contributed by atoms with Crippen LogP contribution in [0.15, 0.2) is 0 Å². The van der Waals surface area contributed by atoms with Crippen LogP contribution in [0.4, 0.5) is 0 Å². The third kappa shape index (κ3) is 0.924. The second-order valence-electron chi connectivity index (χ2n) is 3.83. The van der Waals surface area contributed by atoms with Crippen LogP contribution in [-0.4, -0.2) is 11.6 Å². The van der Waals surface area contributed by atoms with Gasteiger partial charge in [-0.2, -0.15) is 0 Å². The van der Waals surface area contributed by atoms with Crippen molar-refractivity contribution in [3.05, 3.63) is 0 Å². The summed E-state index contributed by atoms with van der Waals surface area (Å²) < 4.78 is 0. The molecular formula is C9H12O2. The van der Waals surface area contributed by atoms with Crippen molar-refractivity contribution in [2.45, 2.75) is 26.2 Å². The first-order chi connectivity index (χ1) is 5.18. The molecule has 0 bridgehead atoms. The van der Waals surface area contributed by atoms with E-state index in [0.717, 1.165) is 0 Å². The van der Waals surface area contributed by atoms with Gasteiger partial charge >= 0.3 is 0 Å². The smallest absolute Gasteiger partial charge is 0.136 e. The zero-order valence-electron chi connectivity index (χ0n) is 6.67. The van der Waals surface area contributed by atoms with Gasteiger partial charge in [-0.1, -0.05) is 6.92 Å². The van der Waals surface area contributed by atoms with Crippen molar-refractivity contribution in [1.82, 2.24) is 0 Å². The Morgan fingerprint density at radius 3 is 2.55 bits per heavy atom. The summed E-state index contributed by atoms with van der Waals surface area (Å²) in [6, 6.07) is 0. The molecule has 2 saturated carbocycles. The van der Waals surface area contributed by atoms with Crippen LogP contribution in [-0.2, 0) is 9.59 Å². The van der Waals surface area contributed by atoms with Crippen LogP contribution < -0.4 is 0 Å². The molecular weight excluding hydrogens is 140 g/mol. The van der Waals surface area contributed by atoms with E-state index in [9.17, 15) is 9.59 Å². The monoisotopic (exact) mass is 152 g/mol. The van der Waals surface area contributed by atoms with Gasteiger partial charge in [-0.25, -0.2) is 0 Å². The van der Waals surface area contributed by atoms with E-state index in [0.29, 0.717) is 42.7 Å². The van der Waals surface area contributed by atoms with Crippen molar-refractivity contribution < 1.29 is 9.59 Å². The van der Waals surface area contributed by atoms with Gasteiger partial charge in [0.1, 0.15) is 11.6 Å². The van der Waals surface area contributed by atoms with Gasteiger partial charge < -0.3 is 0 Å².